The van der Waals surface area contributed by atoms with Crippen LogP contribution in [-0.4, -0.2) is 3.21 Å². The van der Waals surface area contributed by atoms with Gasteiger partial charge in [0, 0.05) is 0 Å². The van der Waals surface area contributed by atoms with Gasteiger partial charge in [-0.2, -0.15) is 23.3 Å². The molecular formula is C59H62Cl2Zr-2. The van der Waals surface area contributed by atoms with Crippen LogP contribution in [0.1, 0.15) is 125 Å². The van der Waals surface area contributed by atoms with Crippen molar-refractivity contribution in [3.05, 3.63) is 208 Å². The van der Waals surface area contributed by atoms with Gasteiger partial charge < -0.3 is 24.8 Å². The summed E-state index contributed by atoms with van der Waals surface area (Å²) in [5.41, 5.74) is 19.6. The Labute approximate surface area is 401 Å². The van der Waals surface area contributed by atoms with E-state index in [9.17, 15) is 0 Å². The maximum atomic E-state index is 3.88. The number of rotatable bonds is 5. The minimum atomic E-state index is 0. The van der Waals surface area contributed by atoms with Crippen molar-refractivity contribution < 1.29 is 49.0 Å². The third kappa shape index (κ3) is 11.6. The average molecular weight is 933 g/mol. The summed E-state index contributed by atoms with van der Waals surface area (Å²) in [5, 5.41) is 0. The Bertz CT molecular complexity index is 2370. The molecule has 0 saturated heterocycles. The summed E-state index contributed by atoms with van der Waals surface area (Å²) in [4.78, 5) is 0. The molecule has 7 aromatic rings. The van der Waals surface area contributed by atoms with Crippen LogP contribution in [0, 0.1) is 13.0 Å². The SMILES string of the molecule is CC(C)(C)c1cc2c([c-]c1-c1ccccc1)Cc1cc(-c3ccccc3)c(C(C)(C)C)cc1-2.Cc1cc(C2(C)CCCCC2)c[cH-]1.[Cl-].[Cl-].[Zr+2]=[C](c1ccccc1)c1ccccc1. The number of aryl methyl sites for hydroxylation is 1. The first-order valence-electron chi connectivity index (χ1n) is 22.0. The van der Waals surface area contributed by atoms with E-state index in [4.69, 9.17) is 0 Å². The van der Waals surface area contributed by atoms with E-state index in [1.165, 1.54) is 132 Å². The number of hydrogen-bond donors (Lipinski definition) is 0. The Morgan fingerprint density at radius 3 is 1.55 bits per heavy atom. The first kappa shape index (κ1) is 49.0. The van der Waals surface area contributed by atoms with E-state index in [2.05, 4.69) is 219 Å². The minimum absolute atomic E-state index is 0. The van der Waals surface area contributed by atoms with Gasteiger partial charge in [-0.15, -0.1) is 28.8 Å². The molecule has 0 aliphatic heterocycles. The fourth-order valence-electron chi connectivity index (χ4n) is 9.04. The normalized spacial score (nSPS) is 13.7. The van der Waals surface area contributed by atoms with Gasteiger partial charge in [-0.3, -0.25) is 0 Å². The van der Waals surface area contributed by atoms with Gasteiger partial charge in [-0.05, 0) is 39.5 Å². The molecule has 0 N–H and O–H groups in total. The second kappa shape index (κ2) is 21.1. The second-order valence-corrected chi connectivity index (χ2v) is 20.5. The fourth-order valence-corrected chi connectivity index (χ4v) is 9.86. The summed E-state index contributed by atoms with van der Waals surface area (Å²) < 4.78 is 1.42. The maximum absolute atomic E-state index is 3.88. The Kier molecular flexibility index (Phi) is 16.7. The molecular weight excluding hydrogens is 871 g/mol. The van der Waals surface area contributed by atoms with Gasteiger partial charge in [-0.1, -0.05) is 182 Å². The molecule has 0 nitrogen and oxygen atoms in total. The molecule has 0 radical (unpaired) electrons. The standard InChI is InChI=1S/C33H33.C13H19.C13H10.2ClH.Zr/c1-32(2,3)30-20-26-24(18-28(30)22-13-9-7-10-14-22)17-25-19-29(23-15-11-8-12-16-23)31(21-27(25)26)33(4,5)6;1-11-6-7-12(10-11)13(2)8-4-3-5-9-13;1-3-7-12(8-4-1)11-13-9-5-2-6-10-13;;;/h7-16,18,20-21H,17H2,1-6H3;6-7,10H,3-5,8-9H2,1-2H3;1-10H;2*1H;/q2*-1;;;;+2/p-2. The second-order valence-electron chi connectivity index (χ2n) is 19.3. The van der Waals surface area contributed by atoms with Crippen LogP contribution in [0.25, 0.3) is 33.4 Å². The monoisotopic (exact) mass is 930 g/mol. The molecule has 3 heteroatoms. The Hall–Kier alpha value is -4.00. The van der Waals surface area contributed by atoms with Gasteiger partial charge in [-0.25, -0.2) is 6.07 Å². The van der Waals surface area contributed by atoms with Crippen LogP contribution in [0.15, 0.2) is 158 Å². The van der Waals surface area contributed by atoms with Crippen LogP contribution in [0.4, 0.5) is 0 Å². The van der Waals surface area contributed by atoms with Crippen LogP contribution in [0.3, 0.4) is 0 Å². The third-order valence-corrected chi connectivity index (χ3v) is 13.9. The number of fused-ring (bicyclic) bond motifs is 3. The van der Waals surface area contributed by atoms with E-state index < -0.39 is 0 Å². The van der Waals surface area contributed by atoms with Gasteiger partial charge in [0.25, 0.3) is 0 Å². The van der Waals surface area contributed by atoms with Gasteiger partial charge in [0.2, 0.25) is 0 Å². The first-order valence-corrected chi connectivity index (χ1v) is 23.3. The Balaban J connectivity index is 0.000000206. The molecule has 1 saturated carbocycles. The van der Waals surface area contributed by atoms with E-state index in [1.807, 2.05) is 0 Å². The van der Waals surface area contributed by atoms with Crippen molar-refractivity contribution >= 4 is 3.21 Å². The van der Waals surface area contributed by atoms with Crippen molar-refractivity contribution in [2.45, 2.75) is 110 Å². The number of benzene rings is 6. The van der Waals surface area contributed by atoms with Crippen molar-refractivity contribution in [1.29, 1.82) is 0 Å². The van der Waals surface area contributed by atoms with Crippen molar-refractivity contribution in [3.8, 4) is 33.4 Å². The van der Waals surface area contributed by atoms with E-state index in [1.54, 1.807) is 5.56 Å². The van der Waals surface area contributed by atoms with E-state index in [0.717, 1.165) is 6.42 Å². The zero-order chi connectivity index (χ0) is 42.5. The molecule has 2 aliphatic carbocycles. The van der Waals surface area contributed by atoms with Crippen molar-refractivity contribution in [2.24, 2.45) is 0 Å². The van der Waals surface area contributed by atoms with Gasteiger partial charge >= 0.3 is 99.2 Å². The molecule has 62 heavy (non-hydrogen) atoms. The fraction of sp³-hybridized carbons (Fsp3) is 0.288. The summed E-state index contributed by atoms with van der Waals surface area (Å²) >= 11 is 1.46. The topological polar surface area (TPSA) is 0 Å². The van der Waals surface area contributed by atoms with Crippen LogP contribution < -0.4 is 24.8 Å². The third-order valence-electron chi connectivity index (χ3n) is 12.5. The Morgan fingerprint density at radius 1 is 0.581 bits per heavy atom. The molecule has 0 bridgehead atoms. The predicted molar refractivity (Wildman–Crippen MR) is 255 cm³/mol. The first-order chi connectivity index (χ1) is 28.7. The number of halogens is 2. The average Bonchev–Trinajstić information content (AvgIpc) is 3.87. The van der Waals surface area contributed by atoms with Crippen LogP contribution in [0.2, 0.25) is 0 Å². The molecule has 0 atom stereocenters. The van der Waals surface area contributed by atoms with Crippen LogP contribution in [-0.2, 0) is 46.9 Å². The molecule has 1 fully saturated rings. The van der Waals surface area contributed by atoms with Gasteiger partial charge in [0.15, 0.2) is 0 Å². The molecule has 0 heterocycles. The van der Waals surface area contributed by atoms with E-state index >= 15 is 0 Å². The molecule has 0 aromatic heterocycles. The zero-order valence-corrected chi connectivity index (χ0v) is 42.0. The summed E-state index contributed by atoms with van der Waals surface area (Å²) in [7, 11) is 0. The van der Waals surface area contributed by atoms with Crippen molar-refractivity contribution in [2.75, 3.05) is 0 Å². The molecule has 0 spiro atoms. The van der Waals surface area contributed by atoms with Crippen LogP contribution >= 0.6 is 0 Å². The van der Waals surface area contributed by atoms with Crippen molar-refractivity contribution in [3.63, 3.8) is 0 Å². The molecule has 7 aromatic carbocycles. The predicted octanol–water partition coefficient (Wildman–Crippen LogP) is 9.73. The van der Waals surface area contributed by atoms with Gasteiger partial charge in [0.1, 0.15) is 0 Å². The molecule has 0 unspecified atom stereocenters. The Morgan fingerprint density at radius 2 is 1.06 bits per heavy atom. The summed E-state index contributed by atoms with van der Waals surface area (Å²) in [5.74, 6) is 0. The quantitative estimate of drug-likeness (QED) is 0.151. The molecule has 2 aliphatic rings. The molecule has 0 amide bonds. The van der Waals surface area contributed by atoms with Crippen LogP contribution in [0.5, 0.6) is 0 Å². The molecule has 9 rings (SSSR count). The van der Waals surface area contributed by atoms with Crippen molar-refractivity contribution in [1.82, 2.24) is 0 Å². The summed E-state index contributed by atoms with van der Waals surface area (Å²) in [6, 6.07) is 60.9. The number of hydrogen-bond acceptors (Lipinski definition) is 0. The van der Waals surface area contributed by atoms with E-state index in [0.29, 0.717) is 5.41 Å². The van der Waals surface area contributed by atoms with E-state index in [-0.39, 0.29) is 35.6 Å². The summed E-state index contributed by atoms with van der Waals surface area (Å²) in [6.07, 6.45) is 7.99. The zero-order valence-electron chi connectivity index (χ0n) is 38.0. The summed E-state index contributed by atoms with van der Waals surface area (Å²) in [6.45, 7) is 18.5. The van der Waals surface area contributed by atoms with Gasteiger partial charge in [0.05, 0.1) is 0 Å². The molecule has 318 valence electrons.